The van der Waals surface area contributed by atoms with Gasteiger partial charge in [-0.05, 0) is 36.7 Å². The van der Waals surface area contributed by atoms with Crippen LogP contribution >= 0.6 is 0 Å². The molecule has 0 aliphatic carbocycles. The molecule has 23 heavy (non-hydrogen) atoms. The molecule has 0 saturated carbocycles. The van der Waals surface area contributed by atoms with E-state index in [9.17, 15) is 9.59 Å². The van der Waals surface area contributed by atoms with Crippen LogP contribution in [0.15, 0.2) is 24.3 Å². The zero-order valence-electron chi connectivity index (χ0n) is 14.5. The number of imide groups is 1. The summed E-state index contributed by atoms with van der Waals surface area (Å²) in [5.74, 6) is -0.785. The van der Waals surface area contributed by atoms with Crippen LogP contribution in [-0.4, -0.2) is 38.4 Å². The predicted molar refractivity (Wildman–Crippen MR) is 90.7 cm³/mol. The van der Waals surface area contributed by atoms with Crippen molar-refractivity contribution in [1.29, 1.82) is 0 Å². The standard InChI is InChI=1S/C17H25NO4Si/c1-17(2,3)23(4,5)22-12-8-11-21-18-15(19)13-9-6-7-10-14(13)16(18)20/h6-7,9-10H,8,11-12H2,1-5H3. The van der Waals surface area contributed by atoms with Crippen LogP contribution < -0.4 is 0 Å². The molecule has 0 atom stereocenters. The van der Waals surface area contributed by atoms with Crippen LogP contribution in [0.3, 0.4) is 0 Å². The fourth-order valence-electron chi connectivity index (χ4n) is 2.04. The molecule has 0 unspecified atom stereocenters. The lowest BCUT2D eigenvalue weighted by atomic mass is 10.1. The third kappa shape index (κ3) is 3.71. The quantitative estimate of drug-likeness (QED) is 0.452. The molecule has 1 aliphatic rings. The Kier molecular flexibility index (Phi) is 5.08. The van der Waals surface area contributed by atoms with Gasteiger partial charge in [0.1, 0.15) is 0 Å². The van der Waals surface area contributed by atoms with Gasteiger partial charge in [0.05, 0.1) is 17.7 Å². The lowest BCUT2D eigenvalue weighted by molar-refractivity contribution is -0.0937. The maximum Gasteiger partial charge on any atom is 0.285 e. The summed E-state index contributed by atoms with van der Waals surface area (Å²) >= 11 is 0. The van der Waals surface area contributed by atoms with Gasteiger partial charge in [-0.1, -0.05) is 32.9 Å². The molecule has 126 valence electrons. The average Bonchev–Trinajstić information content (AvgIpc) is 2.71. The van der Waals surface area contributed by atoms with E-state index in [1.807, 2.05) is 0 Å². The average molecular weight is 335 g/mol. The largest absolute Gasteiger partial charge is 0.417 e. The summed E-state index contributed by atoms with van der Waals surface area (Å²) in [5, 5.41) is 1.02. The normalized spacial score (nSPS) is 15.3. The molecule has 6 heteroatoms. The highest BCUT2D eigenvalue weighted by Gasteiger charge is 2.38. The number of nitrogens with zero attached hydrogens (tertiary/aromatic N) is 1. The first-order chi connectivity index (χ1) is 10.6. The van der Waals surface area contributed by atoms with Gasteiger partial charge in [0.2, 0.25) is 0 Å². The minimum absolute atomic E-state index is 0.163. The number of hydrogen-bond donors (Lipinski definition) is 0. The van der Waals surface area contributed by atoms with Crippen molar-refractivity contribution in [3.05, 3.63) is 35.4 Å². The molecule has 1 heterocycles. The van der Waals surface area contributed by atoms with E-state index in [0.29, 0.717) is 24.2 Å². The van der Waals surface area contributed by atoms with E-state index in [4.69, 9.17) is 9.26 Å². The molecule has 1 aliphatic heterocycles. The summed E-state index contributed by atoms with van der Waals surface area (Å²) in [7, 11) is -1.77. The van der Waals surface area contributed by atoms with E-state index >= 15 is 0 Å². The van der Waals surface area contributed by atoms with E-state index < -0.39 is 20.1 Å². The third-order valence-corrected chi connectivity index (χ3v) is 9.07. The summed E-state index contributed by atoms with van der Waals surface area (Å²) < 4.78 is 6.04. The first-order valence-corrected chi connectivity index (χ1v) is 10.8. The van der Waals surface area contributed by atoms with Crippen LogP contribution in [0.1, 0.15) is 47.9 Å². The van der Waals surface area contributed by atoms with Crippen molar-refractivity contribution in [3.8, 4) is 0 Å². The number of amides is 2. The zero-order chi connectivity index (χ0) is 17.3. The van der Waals surface area contributed by atoms with E-state index in [2.05, 4.69) is 33.9 Å². The van der Waals surface area contributed by atoms with Crippen molar-refractivity contribution in [1.82, 2.24) is 5.06 Å². The Balaban J connectivity index is 1.81. The smallest absolute Gasteiger partial charge is 0.285 e. The van der Waals surface area contributed by atoms with Crippen LogP contribution in [0.2, 0.25) is 18.1 Å². The number of fused-ring (bicyclic) bond motifs is 1. The molecule has 1 aromatic carbocycles. The maximum atomic E-state index is 12.1. The molecular weight excluding hydrogens is 310 g/mol. The van der Waals surface area contributed by atoms with Crippen molar-refractivity contribution < 1.29 is 18.9 Å². The fourth-order valence-corrected chi connectivity index (χ4v) is 3.13. The second-order valence-corrected chi connectivity index (χ2v) is 12.1. The second kappa shape index (κ2) is 6.55. The predicted octanol–water partition coefficient (Wildman–Crippen LogP) is 3.63. The van der Waals surface area contributed by atoms with Gasteiger partial charge >= 0.3 is 0 Å². The van der Waals surface area contributed by atoms with Gasteiger partial charge in [-0.2, -0.15) is 0 Å². The number of benzene rings is 1. The molecule has 0 aromatic heterocycles. The Morgan fingerprint density at radius 3 is 2.00 bits per heavy atom. The molecule has 5 nitrogen and oxygen atoms in total. The highest BCUT2D eigenvalue weighted by molar-refractivity contribution is 6.74. The molecule has 0 saturated heterocycles. The maximum absolute atomic E-state index is 12.1. The van der Waals surface area contributed by atoms with Gasteiger partial charge in [-0.3, -0.25) is 14.4 Å². The van der Waals surface area contributed by atoms with Crippen molar-refractivity contribution in [2.45, 2.75) is 45.3 Å². The Bertz CT molecular complexity index is 572. The highest BCUT2D eigenvalue weighted by Crippen LogP contribution is 2.36. The number of carbonyl (C=O) groups excluding carboxylic acids is 2. The van der Waals surface area contributed by atoms with Gasteiger partial charge in [0.25, 0.3) is 11.8 Å². The lowest BCUT2D eigenvalue weighted by Crippen LogP contribution is -2.41. The minimum Gasteiger partial charge on any atom is -0.417 e. The summed E-state index contributed by atoms with van der Waals surface area (Å²) in [6, 6.07) is 6.75. The van der Waals surface area contributed by atoms with Crippen LogP contribution in [-0.2, 0) is 9.26 Å². The lowest BCUT2D eigenvalue weighted by Gasteiger charge is -2.36. The zero-order valence-corrected chi connectivity index (χ0v) is 15.5. The topological polar surface area (TPSA) is 55.8 Å². The van der Waals surface area contributed by atoms with Crippen molar-refractivity contribution in [2.75, 3.05) is 13.2 Å². The van der Waals surface area contributed by atoms with Crippen molar-refractivity contribution >= 4 is 20.1 Å². The van der Waals surface area contributed by atoms with Gasteiger partial charge in [0.15, 0.2) is 8.32 Å². The first kappa shape index (κ1) is 17.8. The number of hydrogen-bond acceptors (Lipinski definition) is 4. The molecular formula is C17H25NO4Si. The molecule has 2 amide bonds. The molecule has 0 bridgehead atoms. The summed E-state index contributed by atoms with van der Waals surface area (Å²) in [4.78, 5) is 29.6. The fraction of sp³-hybridized carbons (Fsp3) is 0.529. The van der Waals surface area contributed by atoms with Gasteiger partial charge in [-0.25, -0.2) is 0 Å². The number of rotatable bonds is 6. The summed E-state index contributed by atoms with van der Waals surface area (Å²) in [5.41, 5.74) is 0.796. The monoisotopic (exact) mass is 335 g/mol. The highest BCUT2D eigenvalue weighted by atomic mass is 28.4. The summed E-state index contributed by atoms with van der Waals surface area (Å²) in [6.07, 6.45) is 0.639. The van der Waals surface area contributed by atoms with Gasteiger partial charge in [-0.15, -0.1) is 5.06 Å². The Morgan fingerprint density at radius 1 is 1.00 bits per heavy atom. The van der Waals surface area contributed by atoms with E-state index in [0.717, 1.165) is 5.06 Å². The minimum atomic E-state index is -1.77. The molecule has 0 spiro atoms. The van der Waals surface area contributed by atoms with Crippen LogP contribution in [0.25, 0.3) is 0 Å². The van der Waals surface area contributed by atoms with Crippen LogP contribution in [0.4, 0.5) is 0 Å². The van der Waals surface area contributed by atoms with Crippen LogP contribution in [0, 0.1) is 0 Å². The number of carbonyl (C=O) groups is 2. The molecule has 0 radical (unpaired) electrons. The SMILES string of the molecule is CC(C)(C)[Si](C)(C)OCCCON1C(=O)c2ccccc2C1=O. The number of hydroxylamine groups is 2. The Morgan fingerprint density at radius 2 is 1.52 bits per heavy atom. The molecule has 0 fully saturated rings. The van der Waals surface area contributed by atoms with Gasteiger partial charge < -0.3 is 4.43 Å². The molecule has 1 aromatic rings. The van der Waals surface area contributed by atoms with Crippen molar-refractivity contribution in [2.24, 2.45) is 0 Å². The Hall–Kier alpha value is -1.50. The molecule has 2 rings (SSSR count). The Labute approximate surface area is 138 Å². The van der Waals surface area contributed by atoms with Crippen molar-refractivity contribution in [3.63, 3.8) is 0 Å². The first-order valence-electron chi connectivity index (χ1n) is 7.90. The van der Waals surface area contributed by atoms with Gasteiger partial charge in [0, 0.05) is 6.61 Å². The van der Waals surface area contributed by atoms with E-state index in [-0.39, 0.29) is 11.6 Å². The van der Waals surface area contributed by atoms with Crippen LogP contribution in [0.5, 0.6) is 0 Å². The third-order valence-electron chi connectivity index (χ3n) is 4.53. The second-order valence-electron chi connectivity index (χ2n) is 7.25. The van der Waals surface area contributed by atoms with E-state index in [1.54, 1.807) is 24.3 Å². The summed E-state index contributed by atoms with van der Waals surface area (Å²) in [6.45, 7) is 11.8. The van der Waals surface area contributed by atoms with E-state index in [1.165, 1.54) is 0 Å². The molecule has 0 N–H and O–H groups in total.